The number of hydrogen-bond donors (Lipinski definition) is 4. The second-order valence-electron chi connectivity index (χ2n) is 4.59. The van der Waals surface area contributed by atoms with Crippen LogP contribution in [-0.4, -0.2) is 57.5 Å². The number of aliphatic hydroxyl groups is 1. The molecule has 2 aliphatic rings. The highest BCUT2D eigenvalue weighted by atomic mass is 32.2. The van der Waals surface area contributed by atoms with Crippen LogP contribution in [0.3, 0.4) is 0 Å². The van der Waals surface area contributed by atoms with Gasteiger partial charge in [0, 0.05) is 4.91 Å². The minimum absolute atomic E-state index is 0.00506. The molecule has 110 valence electrons. The molecule has 2 rings (SSSR count). The minimum atomic E-state index is -1.23. The van der Waals surface area contributed by atoms with Gasteiger partial charge in [-0.2, -0.15) is 0 Å². The molecule has 0 spiro atoms. The first-order valence-electron chi connectivity index (χ1n) is 5.98. The molecule has 2 aliphatic heterocycles. The highest BCUT2D eigenvalue weighted by Gasteiger charge is 2.55. The molecule has 0 aromatic carbocycles. The van der Waals surface area contributed by atoms with E-state index in [0.29, 0.717) is 4.91 Å². The fourth-order valence-corrected chi connectivity index (χ4v) is 3.50. The lowest BCUT2D eigenvalue weighted by atomic mass is 9.98. The number of hydrogen-bond acceptors (Lipinski definition) is 6. The number of thioether (sulfide) groups is 1. The number of carboxylic acids is 1. The van der Waals surface area contributed by atoms with Crippen molar-refractivity contribution in [1.29, 1.82) is 0 Å². The van der Waals surface area contributed by atoms with Gasteiger partial charge >= 0.3 is 5.97 Å². The number of rotatable bonds is 5. The molecule has 1 fully saturated rings. The molecule has 2 heterocycles. The van der Waals surface area contributed by atoms with E-state index in [2.05, 4.69) is 5.32 Å². The van der Waals surface area contributed by atoms with E-state index < -0.39 is 35.1 Å². The van der Waals surface area contributed by atoms with Crippen molar-refractivity contribution in [2.45, 2.75) is 18.3 Å². The van der Waals surface area contributed by atoms with Crippen molar-refractivity contribution in [3.8, 4) is 0 Å². The van der Waals surface area contributed by atoms with Gasteiger partial charge in [0.05, 0.1) is 25.1 Å². The van der Waals surface area contributed by atoms with Crippen molar-refractivity contribution in [3.63, 3.8) is 0 Å². The van der Waals surface area contributed by atoms with Crippen molar-refractivity contribution >= 4 is 29.5 Å². The molecule has 20 heavy (non-hydrogen) atoms. The zero-order chi connectivity index (χ0) is 15.0. The lowest BCUT2D eigenvalue weighted by Gasteiger charge is -2.41. The molecule has 0 unspecified atom stereocenters. The maximum Gasteiger partial charge on any atom is 0.353 e. The molecule has 9 heteroatoms. The summed E-state index contributed by atoms with van der Waals surface area (Å²) in [5.41, 5.74) is 5.27. The van der Waals surface area contributed by atoms with Gasteiger partial charge in [0.1, 0.15) is 11.1 Å². The topological polar surface area (TPSA) is 133 Å². The maximum atomic E-state index is 11.7. The van der Waals surface area contributed by atoms with Crippen LogP contribution in [0.2, 0.25) is 0 Å². The summed E-state index contributed by atoms with van der Waals surface area (Å²) in [7, 11) is 0. The number of carboxylic acid groups (broad SMARTS) is 1. The Bertz CT molecular complexity index is 504. The number of aliphatic carboxylic acids is 1. The second kappa shape index (κ2) is 5.43. The number of nitrogens with one attached hydrogen (secondary N) is 1. The molecule has 0 saturated carbocycles. The normalized spacial score (nSPS) is 26.1. The predicted octanol–water partition coefficient (Wildman–Crippen LogP) is -1.73. The zero-order valence-corrected chi connectivity index (χ0v) is 11.5. The Hall–Kier alpha value is -1.58. The summed E-state index contributed by atoms with van der Waals surface area (Å²) >= 11 is 1.18. The molecule has 5 N–H and O–H groups in total. The van der Waals surface area contributed by atoms with Crippen molar-refractivity contribution < 1.29 is 24.6 Å². The summed E-state index contributed by atoms with van der Waals surface area (Å²) in [6.07, 6.45) is 0. The van der Waals surface area contributed by atoms with Crippen molar-refractivity contribution in [2.24, 2.45) is 11.7 Å². The van der Waals surface area contributed by atoms with E-state index in [0.717, 1.165) is 4.90 Å². The molecular weight excluding hydrogens is 286 g/mol. The molecule has 2 amide bonds. The fraction of sp³-hybridized carbons (Fsp3) is 0.545. The number of aliphatic hydroxyl groups excluding tert-OH is 1. The third kappa shape index (κ3) is 2.28. The predicted molar refractivity (Wildman–Crippen MR) is 70.1 cm³/mol. The molecule has 1 saturated heterocycles. The fourth-order valence-electron chi connectivity index (χ4n) is 2.08. The SMILES string of the molecule is C[C@@H](N)C(=O)NCC1=C(C(=O)O)N2C(=O)[C@H](CO)[C@H]2S1. The quantitative estimate of drug-likeness (QED) is 0.443. The van der Waals surface area contributed by atoms with Crippen molar-refractivity contribution in [1.82, 2.24) is 10.2 Å². The van der Waals surface area contributed by atoms with Gasteiger partial charge in [0.15, 0.2) is 0 Å². The number of amides is 2. The molecule has 3 atom stereocenters. The van der Waals surface area contributed by atoms with E-state index in [1.165, 1.54) is 18.7 Å². The third-order valence-electron chi connectivity index (χ3n) is 3.16. The Kier molecular flexibility index (Phi) is 4.02. The van der Waals surface area contributed by atoms with E-state index in [9.17, 15) is 19.5 Å². The molecule has 0 aromatic heterocycles. The van der Waals surface area contributed by atoms with Crippen LogP contribution in [0, 0.1) is 5.92 Å². The van der Waals surface area contributed by atoms with Gasteiger partial charge in [-0.15, -0.1) is 0 Å². The number of carbonyl (C=O) groups excluding carboxylic acids is 2. The summed E-state index contributed by atoms with van der Waals surface area (Å²) in [5.74, 6) is -2.62. The Labute approximate surface area is 119 Å². The molecule has 0 aliphatic carbocycles. The lowest BCUT2D eigenvalue weighted by molar-refractivity contribution is -0.153. The highest BCUT2D eigenvalue weighted by Crippen LogP contribution is 2.48. The van der Waals surface area contributed by atoms with Crippen LogP contribution in [0.15, 0.2) is 10.6 Å². The standard InChI is InChI=1S/C11H15N3O5S/c1-4(12)8(16)13-2-6-7(11(18)19)14-9(17)5(3-15)10(14)20-6/h4-5,10,15H,2-3,12H2,1H3,(H,13,16)(H,18,19)/t4-,5+,10-/m1/s1. The summed E-state index contributed by atoms with van der Waals surface area (Å²) in [6.45, 7) is 1.20. The summed E-state index contributed by atoms with van der Waals surface area (Å²) < 4.78 is 0. The average molecular weight is 301 g/mol. The smallest absolute Gasteiger partial charge is 0.353 e. The first kappa shape index (κ1) is 14.8. The van der Waals surface area contributed by atoms with Gasteiger partial charge in [0.25, 0.3) is 0 Å². The van der Waals surface area contributed by atoms with Crippen LogP contribution >= 0.6 is 11.8 Å². The van der Waals surface area contributed by atoms with Crippen LogP contribution in [0.4, 0.5) is 0 Å². The second-order valence-corrected chi connectivity index (χ2v) is 5.80. The zero-order valence-electron chi connectivity index (χ0n) is 10.7. The van der Waals surface area contributed by atoms with Crippen molar-refractivity contribution in [3.05, 3.63) is 10.6 Å². The monoisotopic (exact) mass is 301 g/mol. The highest BCUT2D eigenvalue weighted by molar-refractivity contribution is 8.04. The van der Waals surface area contributed by atoms with E-state index in [1.807, 2.05) is 0 Å². The summed E-state index contributed by atoms with van der Waals surface area (Å²) in [5, 5.41) is 20.4. The lowest BCUT2D eigenvalue weighted by Crippen LogP contribution is -2.58. The number of nitrogens with two attached hydrogens (primary N) is 1. The first-order valence-corrected chi connectivity index (χ1v) is 6.86. The van der Waals surface area contributed by atoms with E-state index in [4.69, 9.17) is 10.8 Å². The van der Waals surface area contributed by atoms with Crippen LogP contribution in [0.1, 0.15) is 6.92 Å². The number of fused-ring (bicyclic) bond motifs is 1. The number of nitrogens with zero attached hydrogens (tertiary/aromatic N) is 1. The van der Waals surface area contributed by atoms with Gasteiger partial charge in [-0.25, -0.2) is 4.79 Å². The largest absolute Gasteiger partial charge is 0.477 e. The summed E-state index contributed by atoms with van der Waals surface area (Å²) in [4.78, 5) is 35.9. The van der Waals surface area contributed by atoms with Crippen molar-refractivity contribution in [2.75, 3.05) is 13.2 Å². The first-order chi connectivity index (χ1) is 9.38. The van der Waals surface area contributed by atoms with Gasteiger partial charge < -0.3 is 21.3 Å². The number of carbonyl (C=O) groups is 3. The Balaban J connectivity index is 2.13. The van der Waals surface area contributed by atoms with Crippen LogP contribution in [0.5, 0.6) is 0 Å². The van der Waals surface area contributed by atoms with Gasteiger partial charge in [0.2, 0.25) is 11.8 Å². The minimum Gasteiger partial charge on any atom is -0.477 e. The average Bonchev–Trinajstić information content (AvgIpc) is 2.71. The molecule has 8 nitrogen and oxygen atoms in total. The van der Waals surface area contributed by atoms with E-state index in [1.54, 1.807) is 0 Å². The molecule has 0 radical (unpaired) electrons. The van der Waals surface area contributed by atoms with Crippen LogP contribution in [-0.2, 0) is 14.4 Å². The van der Waals surface area contributed by atoms with Crippen LogP contribution in [0.25, 0.3) is 0 Å². The Morgan fingerprint density at radius 1 is 1.55 bits per heavy atom. The van der Waals surface area contributed by atoms with Gasteiger partial charge in [-0.05, 0) is 6.92 Å². The number of β-lactam (4-membered cyclic amide) rings is 1. The third-order valence-corrected chi connectivity index (χ3v) is 4.56. The van der Waals surface area contributed by atoms with Gasteiger partial charge in [-0.3, -0.25) is 14.5 Å². The van der Waals surface area contributed by atoms with Crippen LogP contribution < -0.4 is 11.1 Å². The molecule has 0 aromatic rings. The van der Waals surface area contributed by atoms with E-state index in [-0.39, 0.29) is 18.8 Å². The molecular formula is C11H15N3O5S. The van der Waals surface area contributed by atoms with Gasteiger partial charge in [-0.1, -0.05) is 11.8 Å². The molecule has 0 bridgehead atoms. The maximum absolute atomic E-state index is 11.7. The van der Waals surface area contributed by atoms with E-state index >= 15 is 0 Å². The Morgan fingerprint density at radius 2 is 2.20 bits per heavy atom. The summed E-state index contributed by atoms with van der Waals surface area (Å²) in [6, 6.07) is -0.695. The Morgan fingerprint density at radius 3 is 2.70 bits per heavy atom.